The highest BCUT2D eigenvalue weighted by atomic mass is 32.1. The maximum atomic E-state index is 14.0. The number of nitrogens with zero attached hydrogens (tertiary/aromatic N) is 2. The highest BCUT2D eigenvalue weighted by Crippen LogP contribution is 2.29. The lowest BCUT2D eigenvalue weighted by Crippen LogP contribution is -2.56. The van der Waals surface area contributed by atoms with Crippen molar-refractivity contribution < 1.29 is 24.6 Å². The lowest BCUT2D eigenvalue weighted by molar-refractivity contribution is -0.136. The van der Waals surface area contributed by atoms with Crippen LogP contribution in [0.2, 0.25) is 0 Å². The van der Waals surface area contributed by atoms with E-state index >= 15 is 0 Å². The third kappa shape index (κ3) is 12.5. The maximum Gasteiger partial charge on any atom is 0.243 e. The van der Waals surface area contributed by atoms with Gasteiger partial charge in [-0.25, -0.2) is 4.98 Å². The van der Waals surface area contributed by atoms with Gasteiger partial charge in [0.2, 0.25) is 17.7 Å². The van der Waals surface area contributed by atoms with E-state index in [1.54, 1.807) is 17.5 Å². The summed E-state index contributed by atoms with van der Waals surface area (Å²) in [6.45, 7) is 1.13. The summed E-state index contributed by atoms with van der Waals surface area (Å²) in [6.07, 6.45) is 9.90. The number of carbonyl (C=O) groups is 3. The van der Waals surface area contributed by atoms with Crippen molar-refractivity contribution in [3.05, 3.63) is 52.5 Å². The Morgan fingerprint density at radius 3 is 2.48 bits per heavy atom. The average Bonchev–Trinajstić information content (AvgIpc) is 3.58. The number of aromatic nitrogens is 1. The molecule has 0 radical (unpaired) electrons. The summed E-state index contributed by atoms with van der Waals surface area (Å²) in [5.74, 6) is 1.04. The molecule has 1 aromatic heterocycles. The SMILES string of the molecule is C#CCC[C@H](O)[C@H](O)C(CC1CCCCC1)NC(=O)[C@H](Cc1cscn1)NC(=O)[C@@H](CC(=O)N(C)CCNC)Cc1ccccc1. The molecule has 46 heavy (non-hydrogen) atoms. The van der Waals surface area contributed by atoms with Crippen molar-refractivity contribution in [3.8, 4) is 12.3 Å². The number of nitrogens with one attached hydrogen (secondary N) is 3. The van der Waals surface area contributed by atoms with Crippen molar-refractivity contribution >= 4 is 29.1 Å². The van der Waals surface area contributed by atoms with Crippen LogP contribution < -0.4 is 16.0 Å². The molecule has 3 rings (SSSR count). The lowest BCUT2D eigenvalue weighted by Gasteiger charge is -2.33. The van der Waals surface area contributed by atoms with E-state index in [1.165, 1.54) is 17.8 Å². The smallest absolute Gasteiger partial charge is 0.243 e. The number of hydrogen-bond acceptors (Lipinski definition) is 8. The van der Waals surface area contributed by atoms with Crippen molar-refractivity contribution in [2.45, 2.75) is 94.9 Å². The number of rotatable bonds is 19. The summed E-state index contributed by atoms with van der Waals surface area (Å²) in [4.78, 5) is 47.0. The van der Waals surface area contributed by atoms with Crippen LogP contribution in [0.15, 0.2) is 41.2 Å². The van der Waals surface area contributed by atoms with Gasteiger partial charge < -0.3 is 31.1 Å². The summed E-state index contributed by atoms with van der Waals surface area (Å²) < 4.78 is 0. The van der Waals surface area contributed by atoms with Gasteiger partial charge in [0, 0.05) is 44.8 Å². The Hall–Kier alpha value is -3.30. The highest BCUT2D eigenvalue weighted by Gasteiger charge is 2.34. The Morgan fingerprint density at radius 2 is 1.83 bits per heavy atom. The Morgan fingerprint density at radius 1 is 1.09 bits per heavy atom. The molecule has 0 saturated heterocycles. The van der Waals surface area contributed by atoms with E-state index in [0.29, 0.717) is 44.0 Å². The number of amides is 3. The maximum absolute atomic E-state index is 14.0. The van der Waals surface area contributed by atoms with Crippen molar-refractivity contribution in [1.29, 1.82) is 0 Å². The minimum absolute atomic E-state index is 0.0175. The largest absolute Gasteiger partial charge is 0.390 e. The van der Waals surface area contributed by atoms with Gasteiger partial charge in [0.05, 0.1) is 29.3 Å². The second kappa shape index (κ2) is 20.0. The van der Waals surface area contributed by atoms with Gasteiger partial charge in [-0.15, -0.1) is 23.7 Å². The first-order chi connectivity index (χ1) is 22.2. The molecule has 252 valence electrons. The summed E-state index contributed by atoms with van der Waals surface area (Å²) in [5, 5.41) is 32.7. The second-order valence-corrected chi connectivity index (χ2v) is 13.1. The molecule has 3 amide bonds. The van der Waals surface area contributed by atoms with E-state index in [4.69, 9.17) is 6.42 Å². The highest BCUT2D eigenvalue weighted by molar-refractivity contribution is 7.07. The Bertz CT molecular complexity index is 1230. The third-order valence-electron chi connectivity index (χ3n) is 8.80. The quantitative estimate of drug-likeness (QED) is 0.147. The Balaban J connectivity index is 1.82. The minimum atomic E-state index is -1.22. The van der Waals surface area contributed by atoms with E-state index < -0.39 is 42.0 Å². The van der Waals surface area contributed by atoms with Crippen molar-refractivity contribution in [2.75, 3.05) is 27.2 Å². The number of hydrogen-bond donors (Lipinski definition) is 5. The zero-order valence-corrected chi connectivity index (χ0v) is 28.0. The van der Waals surface area contributed by atoms with Crippen LogP contribution in [0.25, 0.3) is 0 Å². The van der Waals surface area contributed by atoms with Gasteiger partial charge >= 0.3 is 0 Å². The Kier molecular flexibility index (Phi) is 16.2. The fraction of sp³-hybridized carbons (Fsp3) is 0.600. The zero-order valence-electron chi connectivity index (χ0n) is 27.2. The van der Waals surface area contributed by atoms with Crippen molar-refractivity contribution in [2.24, 2.45) is 11.8 Å². The van der Waals surface area contributed by atoms with Crippen LogP contribution in [0.5, 0.6) is 0 Å². The lowest BCUT2D eigenvalue weighted by atomic mass is 9.82. The molecule has 1 aliphatic rings. The van der Waals surface area contributed by atoms with Gasteiger partial charge in [-0.2, -0.15) is 0 Å². The average molecular weight is 654 g/mol. The van der Waals surface area contributed by atoms with Crippen molar-refractivity contribution in [3.63, 3.8) is 0 Å². The van der Waals surface area contributed by atoms with Crippen LogP contribution >= 0.6 is 11.3 Å². The van der Waals surface area contributed by atoms with E-state index in [0.717, 1.165) is 31.2 Å². The van der Waals surface area contributed by atoms with Crippen LogP contribution in [0.4, 0.5) is 0 Å². The number of aliphatic hydroxyl groups is 2. The van der Waals surface area contributed by atoms with Gasteiger partial charge in [-0.05, 0) is 37.8 Å². The fourth-order valence-corrected chi connectivity index (χ4v) is 6.56. The first-order valence-electron chi connectivity index (χ1n) is 16.4. The fourth-order valence-electron chi connectivity index (χ4n) is 5.99. The Labute approximate surface area is 277 Å². The van der Waals surface area contributed by atoms with Gasteiger partial charge in [-0.1, -0.05) is 62.4 Å². The molecule has 1 heterocycles. The van der Waals surface area contributed by atoms with Crippen molar-refractivity contribution in [1.82, 2.24) is 25.8 Å². The van der Waals surface area contributed by atoms with Crippen LogP contribution in [0, 0.1) is 24.2 Å². The topological polar surface area (TPSA) is 144 Å². The number of carbonyl (C=O) groups excluding carboxylic acids is 3. The summed E-state index contributed by atoms with van der Waals surface area (Å²) in [6, 6.07) is 7.77. The molecule has 0 spiro atoms. The molecule has 0 bridgehead atoms. The van der Waals surface area contributed by atoms with Gasteiger partial charge in [0.1, 0.15) is 12.1 Å². The normalized spacial score (nSPS) is 16.8. The van der Waals surface area contributed by atoms with Crippen LogP contribution in [0.1, 0.15) is 69.0 Å². The van der Waals surface area contributed by atoms with Crippen LogP contribution in [0.3, 0.4) is 0 Å². The standard InChI is InChI=1S/C35H51N5O5S/c1-4-5-16-31(41)33(43)29(20-26-14-10-7-11-15-26)38-35(45)30(22-28-23-46-24-37-28)39-34(44)27(19-25-12-8-6-9-13-25)21-32(42)40(3)18-17-36-2/h1,6,8-9,12-13,23-24,26-27,29-31,33,36,41,43H,5,7,10-11,14-22H2,2-3H3,(H,38,45)(H,39,44)/t27-,29?,30+,31+,33-/m1/s1. The molecule has 2 aromatic rings. The molecule has 1 aliphatic carbocycles. The number of aliphatic hydroxyl groups excluding tert-OH is 2. The molecule has 11 heteroatoms. The molecular weight excluding hydrogens is 602 g/mol. The first-order valence-corrected chi connectivity index (χ1v) is 17.4. The number of thiazole rings is 1. The number of likely N-dealkylation sites (N-methyl/N-ethyl adjacent to an activating group) is 2. The van der Waals surface area contributed by atoms with E-state index in [1.807, 2.05) is 42.8 Å². The molecule has 1 fully saturated rings. The molecule has 5 atom stereocenters. The van der Waals surface area contributed by atoms with Gasteiger partial charge in [-0.3, -0.25) is 14.4 Å². The van der Waals surface area contributed by atoms with Crippen LogP contribution in [-0.2, 0) is 27.2 Å². The monoisotopic (exact) mass is 653 g/mol. The molecule has 1 saturated carbocycles. The molecule has 1 unspecified atom stereocenters. The molecule has 10 nitrogen and oxygen atoms in total. The predicted molar refractivity (Wildman–Crippen MR) is 181 cm³/mol. The summed E-state index contributed by atoms with van der Waals surface area (Å²) in [5.41, 5.74) is 3.22. The minimum Gasteiger partial charge on any atom is -0.390 e. The van der Waals surface area contributed by atoms with Gasteiger partial charge in [0.15, 0.2) is 0 Å². The van der Waals surface area contributed by atoms with E-state index in [2.05, 4.69) is 26.9 Å². The molecule has 1 aromatic carbocycles. The summed E-state index contributed by atoms with van der Waals surface area (Å²) >= 11 is 1.39. The summed E-state index contributed by atoms with van der Waals surface area (Å²) in [7, 11) is 3.53. The predicted octanol–water partition coefficient (Wildman–Crippen LogP) is 2.69. The molecule has 5 N–H and O–H groups in total. The van der Waals surface area contributed by atoms with E-state index in [9.17, 15) is 24.6 Å². The second-order valence-electron chi connectivity index (χ2n) is 12.4. The van der Waals surface area contributed by atoms with E-state index in [-0.39, 0.29) is 25.2 Å². The molecule has 0 aliphatic heterocycles. The first kappa shape index (κ1) is 37.2. The van der Waals surface area contributed by atoms with Gasteiger partial charge in [0.25, 0.3) is 0 Å². The molecular formula is C35H51N5O5S. The third-order valence-corrected chi connectivity index (χ3v) is 9.44. The number of terminal acetylenes is 1. The van der Waals surface area contributed by atoms with Crippen LogP contribution in [-0.4, -0.2) is 89.3 Å². The zero-order chi connectivity index (χ0) is 33.3. The number of benzene rings is 1.